The van der Waals surface area contributed by atoms with Crippen LogP contribution in [0.25, 0.3) is 11.0 Å². The highest BCUT2D eigenvalue weighted by molar-refractivity contribution is 14.1. The van der Waals surface area contributed by atoms with Crippen molar-refractivity contribution in [2.45, 2.75) is 6.42 Å². The minimum Gasteiger partial charge on any atom is -0.504 e. The fraction of sp³-hybridized carbons (Fsp3) is 0.118. The van der Waals surface area contributed by atoms with Crippen LogP contribution in [0.4, 0.5) is 10.5 Å². The summed E-state index contributed by atoms with van der Waals surface area (Å²) in [5.74, 6) is -0.230. The number of phenolic OH excluding ortho intramolecular Hbond substituents is 1. The lowest BCUT2D eigenvalue weighted by Gasteiger charge is -2.15. The Morgan fingerprint density at radius 3 is 2.85 bits per heavy atom. The van der Waals surface area contributed by atoms with Gasteiger partial charge < -0.3 is 14.8 Å². The zero-order valence-corrected chi connectivity index (χ0v) is 15.9. The maximum Gasteiger partial charge on any atom is 0.337 e. The molecule has 1 heterocycles. The number of ether oxygens (including phenoxy) is 1. The van der Waals surface area contributed by atoms with Gasteiger partial charge in [-0.25, -0.2) is 12.9 Å². The average Bonchev–Trinajstić information content (AvgIpc) is 3.08. The number of nitrogens with one attached hydrogen (secondary N) is 2. The summed E-state index contributed by atoms with van der Waals surface area (Å²) in [5, 5.41) is 12.1. The molecule has 0 bridgehead atoms. The molecule has 134 valence electrons. The van der Waals surface area contributed by atoms with Gasteiger partial charge in [-0.15, -0.1) is 0 Å². The third-order valence-corrected chi connectivity index (χ3v) is 4.66. The summed E-state index contributed by atoms with van der Waals surface area (Å²) in [6.45, 7) is 0. The van der Waals surface area contributed by atoms with Crippen molar-refractivity contribution in [1.29, 1.82) is 0 Å². The summed E-state index contributed by atoms with van der Waals surface area (Å²) in [6.07, 6.45) is 1.52. The lowest BCUT2D eigenvalue weighted by Crippen LogP contribution is -2.38. The van der Waals surface area contributed by atoms with E-state index >= 15 is 0 Å². The number of carbonyl (C=O) groups is 2. The van der Waals surface area contributed by atoms with E-state index in [4.69, 9.17) is 4.74 Å². The highest BCUT2D eigenvalue weighted by Gasteiger charge is 2.17. The standard InChI is InChI=1S/C17H15IN4O4/c1-26-15-5-2-10(6-14(15)23)7-16(24)21-17(25)22(18)11-3-4-12-13(8-11)20-9-19-12/h2-6,8-9,23H,7H2,1H3,(H,19,20)(H,21,24,25). The number of imide groups is 1. The van der Waals surface area contributed by atoms with Crippen molar-refractivity contribution in [2.24, 2.45) is 0 Å². The van der Waals surface area contributed by atoms with E-state index in [2.05, 4.69) is 15.3 Å². The molecule has 0 saturated carbocycles. The number of aromatic amines is 1. The second-order valence-corrected chi connectivity index (χ2v) is 6.39. The lowest BCUT2D eigenvalue weighted by molar-refractivity contribution is -0.119. The molecule has 0 radical (unpaired) electrons. The summed E-state index contributed by atoms with van der Waals surface area (Å²) in [5.41, 5.74) is 2.73. The van der Waals surface area contributed by atoms with E-state index in [0.29, 0.717) is 17.0 Å². The number of nitrogens with zero attached hydrogens (tertiary/aromatic N) is 2. The highest BCUT2D eigenvalue weighted by atomic mass is 127. The van der Waals surface area contributed by atoms with Gasteiger partial charge >= 0.3 is 6.03 Å². The quantitative estimate of drug-likeness (QED) is 0.405. The van der Waals surface area contributed by atoms with E-state index in [-0.39, 0.29) is 12.2 Å². The number of carbonyl (C=O) groups excluding carboxylic acids is 2. The number of rotatable bonds is 4. The topological polar surface area (TPSA) is 108 Å². The molecule has 0 atom stereocenters. The van der Waals surface area contributed by atoms with Gasteiger partial charge in [0, 0.05) is 0 Å². The molecule has 3 N–H and O–H groups in total. The predicted molar refractivity (Wildman–Crippen MR) is 104 cm³/mol. The average molecular weight is 466 g/mol. The summed E-state index contributed by atoms with van der Waals surface area (Å²) in [4.78, 5) is 31.5. The minimum absolute atomic E-state index is 0.0494. The molecular formula is C17H15IN4O4. The Kier molecular flexibility index (Phi) is 5.26. The number of amides is 3. The first-order valence-electron chi connectivity index (χ1n) is 7.56. The summed E-state index contributed by atoms with van der Waals surface area (Å²) < 4.78 is 6.26. The third kappa shape index (κ3) is 3.87. The number of hydrogen-bond donors (Lipinski definition) is 3. The largest absolute Gasteiger partial charge is 0.504 e. The highest BCUT2D eigenvalue weighted by Crippen LogP contribution is 2.26. The molecular weight excluding hydrogens is 451 g/mol. The van der Waals surface area contributed by atoms with Crippen molar-refractivity contribution in [3.8, 4) is 11.5 Å². The normalized spacial score (nSPS) is 10.5. The molecule has 3 amide bonds. The van der Waals surface area contributed by atoms with E-state index < -0.39 is 11.9 Å². The molecule has 0 aliphatic heterocycles. The molecule has 0 aliphatic carbocycles. The molecule has 0 saturated heterocycles. The molecule has 3 rings (SSSR count). The number of phenols is 1. The molecule has 26 heavy (non-hydrogen) atoms. The van der Waals surface area contributed by atoms with Crippen LogP contribution in [0.1, 0.15) is 5.56 Å². The number of urea groups is 1. The smallest absolute Gasteiger partial charge is 0.337 e. The van der Waals surface area contributed by atoms with Crippen LogP contribution in [0, 0.1) is 0 Å². The number of hydrogen-bond acceptors (Lipinski definition) is 5. The summed E-state index contributed by atoms with van der Waals surface area (Å²) in [6, 6.07) is 9.36. The van der Waals surface area contributed by atoms with Crippen molar-refractivity contribution < 1.29 is 19.4 Å². The Morgan fingerprint density at radius 2 is 2.12 bits per heavy atom. The first kappa shape index (κ1) is 18.0. The zero-order valence-electron chi connectivity index (χ0n) is 13.7. The maximum absolute atomic E-state index is 12.3. The predicted octanol–water partition coefficient (Wildman–Crippen LogP) is 2.91. The zero-order chi connectivity index (χ0) is 18.7. The summed E-state index contributed by atoms with van der Waals surface area (Å²) >= 11 is 1.82. The van der Waals surface area contributed by atoms with Crippen LogP contribution in [0.3, 0.4) is 0 Å². The van der Waals surface area contributed by atoms with E-state index in [9.17, 15) is 14.7 Å². The van der Waals surface area contributed by atoms with Gasteiger partial charge in [-0.05, 0) is 35.9 Å². The number of halogens is 1. The van der Waals surface area contributed by atoms with Crippen LogP contribution in [0.2, 0.25) is 0 Å². The molecule has 0 spiro atoms. The summed E-state index contributed by atoms with van der Waals surface area (Å²) in [7, 11) is 1.44. The monoisotopic (exact) mass is 466 g/mol. The van der Waals surface area contributed by atoms with Crippen molar-refractivity contribution in [1.82, 2.24) is 15.3 Å². The number of H-pyrrole nitrogens is 1. The minimum atomic E-state index is -0.566. The van der Waals surface area contributed by atoms with Gasteiger partial charge in [-0.2, -0.15) is 0 Å². The first-order chi connectivity index (χ1) is 12.5. The van der Waals surface area contributed by atoms with Crippen LogP contribution in [0.15, 0.2) is 42.7 Å². The fourth-order valence-electron chi connectivity index (χ4n) is 2.40. The van der Waals surface area contributed by atoms with Crippen molar-refractivity contribution in [2.75, 3.05) is 10.2 Å². The SMILES string of the molecule is COc1ccc(CC(=O)NC(=O)N(I)c2ccc3[nH]cnc3c2)cc1O. The van der Waals surface area contributed by atoms with Crippen LogP contribution < -0.4 is 13.2 Å². The molecule has 0 unspecified atom stereocenters. The van der Waals surface area contributed by atoms with E-state index in [1.54, 1.807) is 36.7 Å². The number of imidazole rings is 1. The van der Waals surface area contributed by atoms with Crippen molar-refractivity contribution in [3.63, 3.8) is 0 Å². The Labute approximate surface area is 162 Å². The molecule has 9 heteroatoms. The van der Waals surface area contributed by atoms with Gasteiger partial charge in [0.1, 0.15) is 0 Å². The van der Waals surface area contributed by atoms with Gasteiger partial charge in [0.15, 0.2) is 11.5 Å². The van der Waals surface area contributed by atoms with Crippen molar-refractivity contribution in [3.05, 3.63) is 48.3 Å². The first-order valence-corrected chi connectivity index (χ1v) is 8.53. The lowest BCUT2D eigenvalue weighted by atomic mass is 10.1. The number of anilines is 1. The van der Waals surface area contributed by atoms with E-state index in [1.165, 1.54) is 16.3 Å². The Bertz CT molecular complexity index is 972. The van der Waals surface area contributed by atoms with Gasteiger partial charge in [-0.1, -0.05) is 6.07 Å². The van der Waals surface area contributed by atoms with Crippen LogP contribution in [0.5, 0.6) is 11.5 Å². The number of methoxy groups -OCH3 is 1. The number of benzene rings is 2. The molecule has 1 aromatic heterocycles. The molecule has 8 nitrogen and oxygen atoms in total. The molecule has 0 fully saturated rings. The second kappa shape index (κ2) is 7.60. The van der Waals surface area contributed by atoms with Gasteiger partial charge in [0.05, 0.1) is 59.4 Å². The van der Waals surface area contributed by atoms with Crippen LogP contribution in [-0.4, -0.2) is 34.1 Å². The van der Waals surface area contributed by atoms with Gasteiger partial charge in [0.2, 0.25) is 5.91 Å². The van der Waals surface area contributed by atoms with Gasteiger partial charge in [0.25, 0.3) is 0 Å². The van der Waals surface area contributed by atoms with Crippen molar-refractivity contribution >= 4 is 51.5 Å². The van der Waals surface area contributed by atoms with Gasteiger partial charge in [-0.3, -0.25) is 10.1 Å². The number of fused-ring (bicyclic) bond motifs is 1. The van der Waals surface area contributed by atoms with E-state index in [0.717, 1.165) is 11.0 Å². The third-order valence-electron chi connectivity index (χ3n) is 3.66. The second-order valence-electron chi connectivity index (χ2n) is 5.42. The Balaban J connectivity index is 1.64. The van der Waals surface area contributed by atoms with Crippen LogP contribution in [-0.2, 0) is 11.2 Å². The maximum atomic E-state index is 12.3. The van der Waals surface area contributed by atoms with E-state index in [1.807, 2.05) is 22.9 Å². The van der Waals surface area contributed by atoms with Crippen LogP contribution >= 0.6 is 22.9 Å². The molecule has 0 aliphatic rings. The molecule has 2 aromatic carbocycles. The fourth-order valence-corrected chi connectivity index (χ4v) is 2.82. The number of aromatic hydroxyl groups is 1. The Hall–Kier alpha value is -2.82. The molecule has 3 aromatic rings. The number of aromatic nitrogens is 2. The Morgan fingerprint density at radius 1 is 1.31 bits per heavy atom.